The first kappa shape index (κ1) is 13.6. The van der Waals surface area contributed by atoms with Gasteiger partial charge in [-0.25, -0.2) is 0 Å². The molecule has 106 valence electrons. The largest absolute Gasteiger partial charge is 0.354 e. The van der Waals surface area contributed by atoms with Crippen molar-refractivity contribution in [2.75, 3.05) is 31.1 Å². The fourth-order valence-electron chi connectivity index (χ4n) is 2.68. The van der Waals surface area contributed by atoms with Crippen molar-refractivity contribution in [2.45, 2.75) is 13.3 Å². The lowest BCUT2D eigenvalue weighted by molar-refractivity contribution is 0.724. The summed E-state index contributed by atoms with van der Waals surface area (Å²) < 4.78 is 1.09. The molecule has 1 saturated heterocycles. The molecule has 0 radical (unpaired) electrons. The smallest absolute Gasteiger partial charge is 0.153 e. The molecule has 0 spiro atoms. The van der Waals surface area contributed by atoms with Crippen LogP contribution in [-0.4, -0.2) is 36.4 Å². The lowest BCUT2D eigenvalue weighted by Gasteiger charge is -2.20. The Morgan fingerprint density at radius 2 is 2.15 bits per heavy atom. The molecule has 3 rings (SSSR count). The van der Waals surface area contributed by atoms with Crippen molar-refractivity contribution in [2.24, 2.45) is 0 Å². The molecule has 4 nitrogen and oxygen atoms in total. The second kappa shape index (κ2) is 5.97. The second-order valence-electron chi connectivity index (χ2n) is 5.15. The quantitative estimate of drug-likeness (QED) is 0.887. The second-order valence-corrected chi connectivity index (χ2v) is 6.06. The van der Waals surface area contributed by atoms with Gasteiger partial charge in [0.25, 0.3) is 0 Å². The zero-order valence-corrected chi connectivity index (χ0v) is 13.2. The summed E-state index contributed by atoms with van der Waals surface area (Å²) in [5.41, 5.74) is 3.51. The Morgan fingerprint density at radius 3 is 3.00 bits per heavy atom. The van der Waals surface area contributed by atoms with Crippen LogP contribution in [0.2, 0.25) is 0 Å². The maximum absolute atomic E-state index is 4.54. The van der Waals surface area contributed by atoms with E-state index in [0.29, 0.717) is 0 Å². The van der Waals surface area contributed by atoms with Crippen molar-refractivity contribution in [1.29, 1.82) is 0 Å². The number of aromatic amines is 1. The van der Waals surface area contributed by atoms with Crippen LogP contribution in [-0.2, 0) is 0 Å². The lowest BCUT2D eigenvalue weighted by Crippen LogP contribution is -2.28. The van der Waals surface area contributed by atoms with E-state index in [1.54, 1.807) is 0 Å². The van der Waals surface area contributed by atoms with E-state index in [1.807, 2.05) is 6.07 Å². The van der Waals surface area contributed by atoms with Gasteiger partial charge in [0.1, 0.15) is 0 Å². The highest BCUT2D eigenvalue weighted by molar-refractivity contribution is 9.10. The van der Waals surface area contributed by atoms with E-state index < -0.39 is 0 Å². The van der Waals surface area contributed by atoms with Crippen LogP contribution in [0.5, 0.6) is 0 Å². The molecular weight excluding hydrogens is 316 g/mol. The van der Waals surface area contributed by atoms with Crippen molar-refractivity contribution in [3.63, 3.8) is 0 Å². The molecule has 20 heavy (non-hydrogen) atoms. The first-order valence-corrected chi connectivity index (χ1v) is 7.81. The molecule has 2 N–H and O–H groups in total. The number of hydrogen-bond donors (Lipinski definition) is 2. The summed E-state index contributed by atoms with van der Waals surface area (Å²) in [7, 11) is 0. The molecule has 1 aliphatic heterocycles. The van der Waals surface area contributed by atoms with Gasteiger partial charge < -0.3 is 10.2 Å². The Kier molecular flexibility index (Phi) is 4.08. The highest BCUT2D eigenvalue weighted by atomic mass is 79.9. The summed E-state index contributed by atoms with van der Waals surface area (Å²) in [5, 5.41) is 11.2. The third-order valence-electron chi connectivity index (χ3n) is 3.74. The van der Waals surface area contributed by atoms with Gasteiger partial charge >= 0.3 is 0 Å². The van der Waals surface area contributed by atoms with E-state index >= 15 is 0 Å². The third-order valence-corrected chi connectivity index (χ3v) is 4.23. The zero-order valence-electron chi connectivity index (χ0n) is 11.6. The lowest BCUT2D eigenvalue weighted by atomic mass is 10.1. The Balaban J connectivity index is 1.91. The number of nitrogens with one attached hydrogen (secondary N) is 2. The van der Waals surface area contributed by atoms with Crippen LogP contribution in [0.4, 0.5) is 5.82 Å². The van der Waals surface area contributed by atoms with E-state index in [1.165, 1.54) is 17.5 Å². The van der Waals surface area contributed by atoms with Gasteiger partial charge in [-0.1, -0.05) is 28.1 Å². The number of nitrogens with zero attached hydrogens (tertiary/aromatic N) is 2. The number of hydrogen-bond acceptors (Lipinski definition) is 3. The molecule has 1 fully saturated rings. The molecule has 1 aromatic heterocycles. The van der Waals surface area contributed by atoms with Gasteiger partial charge in [-0.15, -0.1) is 0 Å². The number of halogens is 1. The summed E-state index contributed by atoms with van der Waals surface area (Å²) in [5.74, 6) is 1.09. The Bertz CT molecular complexity index is 585. The molecule has 0 bridgehead atoms. The molecule has 1 aromatic carbocycles. The number of H-pyrrole nitrogens is 1. The average Bonchev–Trinajstić information content (AvgIpc) is 2.65. The van der Waals surface area contributed by atoms with Crippen molar-refractivity contribution >= 4 is 21.7 Å². The summed E-state index contributed by atoms with van der Waals surface area (Å²) in [6, 6.07) is 8.32. The minimum absolute atomic E-state index is 1.02. The predicted molar refractivity (Wildman–Crippen MR) is 86.2 cm³/mol. The summed E-state index contributed by atoms with van der Waals surface area (Å²) in [4.78, 5) is 2.37. The SMILES string of the molecule is Cc1c(N2CCCNCC2)n[nH]c1-c1cccc(Br)c1. The van der Waals surface area contributed by atoms with E-state index in [2.05, 4.69) is 61.5 Å². The van der Waals surface area contributed by atoms with E-state index in [-0.39, 0.29) is 0 Å². The molecule has 5 heteroatoms. The van der Waals surface area contributed by atoms with Crippen LogP contribution < -0.4 is 10.2 Å². The minimum atomic E-state index is 1.02. The molecule has 0 saturated carbocycles. The van der Waals surface area contributed by atoms with Crippen LogP contribution >= 0.6 is 15.9 Å². The van der Waals surface area contributed by atoms with Crippen LogP contribution in [0.25, 0.3) is 11.3 Å². The van der Waals surface area contributed by atoms with Crippen LogP contribution in [0, 0.1) is 6.92 Å². The number of benzene rings is 1. The van der Waals surface area contributed by atoms with Crippen LogP contribution in [0.1, 0.15) is 12.0 Å². The highest BCUT2D eigenvalue weighted by Gasteiger charge is 2.17. The maximum Gasteiger partial charge on any atom is 0.153 e. The van der Waals surface area contributed by atoms with E-state index in [4.69, 9.17) is 0 Å². The summed E-state index contributed by atoms with van der Waals surface area (Å²) in [6.07, 6.45) is 1.17. The van der Waals surface area contributed by atoms with Gasteiger partial charge in [0.2, 0.25) is 0 Å². The Labute approximate surface area is 127 Å². The number of anilines is 1. The predicted octanol–water partition coefficient (Wildman–Crippen LogP) is 2.95. The van der Waals surface area contributed by atoms with Crippen LogP contribution in [0.3, 0.4) is 0 Å². The Morgan fingerprint density at radius 1 is 1.25 bits per heavy atom. The molecule has 0 atom stereocenters. The Hall–Kier alpha value is -1.33. The van der Waals surface area contributed by atoms with Gasteiger partial charge in [-0.3, -0.25) is 5.10 Å². The third kappa shape index (κ3) is 2.74. The molecule has 0 amide bonds. The number of rotatable bonds is 2. The van der Waals surface area contributed by atoms with Gasteiger partial charge in [-0.05, 0) is 32.0 Å². The van der Waals surface area contributed by atoms with Gasteiger partial charge in [0, 0.05) is 35.2 Å². The summed E-state index contributed by atoms with van der Waals surface area (Å²) in [6.45, 7) is 6.35. The van der Waals surface area contributed by atoms with Crippen molar-refractivity contribution < 1.29 is 0 Å². The van der Waals surface area contributed by atoms with Crippen molar-refractivity contribution in [3.8, 4) is 11.3 Å². The van der Waals surface area contributed by atoms with Crippen molar-refractivity contribution in [1.82, 2.24) is 15.5 Å². The highest BCUT2D eigenvalue weighted by Crippen LogP contribution is 2.29. The average molecular weight is 335 g/mol. The molecule has 2 aromatic rings. The maximum atomic E-state index is 4.54. The monoisotopic (exact) mass is 334 g/mol. The van der Waals surface area contributed by atoms with Crippen LogP contribution in [0.15, 0.2) is 28.7 Å². The standard InChI is InChI=1S/C15H19BrN4/c1-11-14(12-4-2-5-13(16)10-12)18-19-15(11)20-8-3-6-17-7-9-20/h2,4-5,10,17H,3,6-9H2,1H3,(H,18,19). The number of aromatic nitrogens is 2. The van der Waals surface area contributed by atoms with E-state index in [9.17, 15) is 0 Å². The summed E-state index contributed by atoms with van der Waals surface area (Å²) >= 11 is 3.52. The first-order chi connectivity index (χ1) is 9.75. The fraction of sp³-hybridized carbons (Fsp3) is 0.400. The normalized spacial score (nSPS) is 16.2. The first-order valence-electron chi connectivity index (χ1n) is 7.02. The van der Waals surface area contributed by atoms with Gasteiger partial charge in [-0.2, -0.15) is 5.10 Å². The zero-order chi connectivity index (χ0) is 13.9. The van der Waals surface area contributed by atoms with Gasteiger partial charge in [0.05, 0.1) is 5.69 Å². The van der Waals surface area contributed by atoms with E-state index in [0.717, 1.165) is 42.2 Å². The van der Waals surface area contributed by atoms with Crippen molar-refractivity contribution in [3.05, 3.63) is 34.3 Å². The topological polar surface area (TPSA) is 44.0 Å². The minimum Gasteiger partial charge on any atom is -0.354 e. The molecule has 0 unspecified atom stereocenters. The molecule has 0 aliphatic carbocycles. The van der Waals surface area contributed by atoms with Gasteiger partial charge in [0.15, 0.2) is 5.82 Å². The fourth-order valence-corrected chi connectivity index (χ4v) is 3.08. The molecule has 2 heterocycles. The molecule has 1 aliphatic rings. The molecular formula is C15H19BrN4.